The van der Waals surface area contributed by atoms with E-state index in [0.717, 1.165) is 0 Å². The number of carbonyl (C=O) groups is 2. The molecule has 0 bridgehead atoms. The number of carbonyl (C=O) groups excluding carboxylic acids is 2. The number of methoxy groups -OCH3 is 2. The molecule has 27 heavy (non-hydrogen) atoms. The van der Waals surface area contributed by atoms with Crippen LogP contribution in [-0.2, 0) is 0 Å². The summed E-state index contributed by atoms with van der Waals surface area (Å²) in [5.74, 6) is 0.830. The average Bonchev–Trinajstić information content (AvgIpc) is 2.99. The number of benzene rings is 1. The van der Waals surface area contributed by atoms with Gasteiger partial charge in [-0.05, 0) is 24.6 Å². The van der Waals surface area contributed by atoms with Crippen LogP contribution >= 0.6 is 0 Å². The first-order valence-electron chi connectivity index (χ1n) is 8.70. The molecule has 8 heteroatoms. The van der Waals surface area contributed by atoms with Crippen molar-refractivity contribution in [3.63, 3.8) is 0 Å². The third kappa shape index (κ3) is 4.16. The van der Waals surface area contributed by atoms with Gasteiger partial charge in [-0.1, -0.05) is 0 Å². The van der Waals surface area contributed by atoms with E-state index in [1.165, 1.54) is 25.7 Å². The fraction of sp³-hybridized carbons (Fsp3) is 0.368. The van der Waals surface area contributed by atoms with Crippen LogP contribution in [0.3, 0.4) is 0 Å². The highest BCUT2D eigenvalue weighted by atomic mass is 16.5. The van der Waals surface area contributed by atoms with E-state index in [-0.39, 0.29) is 11.8 Å². The molecular formula is C19H22N4O4. The normalized spacial score (nSPS) is 14.4. The minimum atomic E-state index is -0.163. The Balaban J connectivity index is 1.69. The summed E-state index contributed by atoms with van der Waals surface area (Å²) in [5.41, 5.74) is 0.846. The molecule has 0 N–H and O–H groups in total. The number of rotatable bonds is 4. The van der Waals surface area contributed by atoms with Crippen molar-refractivity contribution in [2.45, 2.75) is 6.42 Å². The summed E-state index contributed by atoms with van der Waals surface area (Å²) in [7, 11) is 3.09. The minimum Gasteiger partial charge on any atom is -0.493 e. The maximum Gasteiger partial charge on any atom is 0.274 e. The van der Waals surface area contributed by atoms with E-state index in [1.807, 2.05) is 0 Å². The first kappa shape index (κ1) is 18.6. The molecule has 1 saturated heterocycles. The number of amides is 2. The molecule has 1 aromatic carbocycles. The molecular weight excluding hydrogens is 348 g/mol. The largest absolute Gasteiger partial charge is 0.493 e. The maximum absolute atomic E-state index is 12.9. The van der Waals surface area contributed by atoms with Gasteiger partial charge in [-0.3, -0.25) is 14.6 Å². The van der Waals surface area contributed by atoms with Crippen molar-refractivity contribution in [1.82, 2.24) is 19.8 Å². The quantitative estimate of drug-likeness (QED) is 0.811. The third-order valence-corrected chi connectivity index (χ3v) is 4.48. The Kier molecular flexibility index (Phi) is 5.85. The Bertz CT molecular complexity index is 813. The van der Waals surface area contributed by atoms with Crippen molar-refractivity contribution >= 4 is 11.8 Å². The fourth-order valence-electron chi connectivity index (χ4n) is 3.05. The highest BCUT2D eigenvalue weighted by molar-refractivity contribution is 5.95. The van der Waals surface area contributed by atoms with Gasteiger partial charge in [0.1, 0.15) is 5.69 Å². The van der Waals surface area contributed by atoms with Crippen LogP contribution in [0.1, 0.15) is 27.3 Å². The van der Waals surface area contributed by atoms with E-state index < -0.39 is 0 Å². The van der Waals surface area contributed by atoms with Crippen LogP contribution in [0.25, 0.3) is 0 Å². The molecule has 142 valence electrons. The standard InChI is InChI=1S/C19H22N4O4/c1-26-16-5-4-14(12-17(16)27-2)18(24)22-8-3-9-23(11-10-22)19(25)15-13-20-6-7-21-15/h4-7,12-13H,3,8-11H2,1-2H3. The summed E-state index contributed by atoms with van der Waals surface area (Å²) in [6.45, 7) is 2.07. The van der Waals surface area contributed by atoms with Crippen LogP contribution in [0, 0.1) is 0 Å². The number of hydrogen-bond acceptors (Lipinski definition) is 6. The Morgan fingerprint density at radius 3 is 2.26 bits per heavy atom. The van der Waals surface area contributed by atoms with E-state index >= 15 is 0 Å². The molecule has 0 aliphatic carbocycles. The molecule has 2 heterocycles. The van der Waals surface area contributed by atoms with Gasteiger partial charge in [-0.25, -0.2) is 4.98 Å². The van der Waals surface area contributed by atoms with Crippen LogP contribution in [-0.4, -0.2) is 72.0 Å². The number of aromatic nitrogens is 2. The molecule has 3 rings (SSSR count). The van der Waals surface area contributed by atoms with Crippen LogP contribution in [0.5, 0.6) is 11.5 Å². The summed E-state index contributed by atoms with van der Waals surface area (Å²) in [6, 6.07) is 5.11. The summed E-state index contributed by atoms with van der Waals surface area (Å²) in [6.07, 6.45) is 5.19. The van der Waals surface area contributed by atoms with E-state index in [1.54, 1.807) is 35.1 Å². The predicted molar refractivity (Wildman–Crippen MR) is 98.0 cm³/mol. The number of hydrogen-bond donors (Lipinski definition) is 0. The molecule has 8 nitrogen and oxygen atoms in total. The first-order valence-corrected chi connectivity index (χ1v) is 8.70. The topological polar surface area (TPSA) is 84.9 Å². The van der Waals surface area contributed by atoms with Crippen molar-refractivity contribution in [2.75, 3.05) is 40.4 Å². The van der Waals surface area contributed by atoms with Crippen LogP contribution in [0.15, 0.2) is 36.8 Å². The molecule has 2 amide bonds. The molecule has 0 radical (unpaired) electrons. The lowest BCUT2D eigenvalue weighted by atomic mass is 10.1. The van der Waals surface area contributed by atoms with Gasteiger partial charge in [0.2, 0.25) is 0 Å². The summed E-state index contributed by atoms with van der Waals surface area (Å²) in [4.78, 5) is 36.9. The lowest BCUT2D eigenvalue weighted by Gasteiger charge is -2.22. The average molecular weight is 370 g/mol. The predicted octanol–water partition coefficient (Wildman–Crippen LogP) is 1.48. The number of ether oxygens (including phenoxy) is 2. The van der Waals surface area contributed by atoms with Crippen LogP contribution in [0.2, 0.25) is 0 Å². The van der Waals surface area contributed by atoms with E-state index in [4.69, 9.17) is 9.47 Å². The van der Waals surface area contributed by atoms with Crippen molar-refractivity contribution < 1.29 is 19.1 Å². The monoisotopic (exact) mass is 370 g/mol. The number of nitrogens with zero attached hydrogens (tertiary/aromatic N) is 4. The van der Waals surface area contributed by atoms with Crippen molar-refractivity contribution in [3.8, 4) is 11.5 Å². The SMILES string of the molecule is COc1ccc(C(=O)N2CCCN(C(=O)c3cnccn3)CC2)cc1OC. The third-order valence-electron chi connectivity index (χ3n) is 4.48. The van der Waals surface area contributed by atoms with Gasteiger partial charge in [-0.15, -0.1) is 0 Å². The zero-order valence-electron chi connectivity index (χ0n) is 15.4. The first-order chi connectivity index (χ1) is 13.1. The molecule has 0 atom stereocenters. The van der Waals surface area contributed by atoms with E-state index in [9.17, 15) is 9.59 Å². The highest BCUT2D eigenvalue weighted by Gasteiger charge is 2.24. The highest BCUT2D eigenvalue weighted by Crippen LogP contribution is 2.28. The van der Waals surface area contributed by atoms with Crippen molar-refractivity contribution in [3.05, 3.63) is 48.0 Å². The van der Waals surface area contributed by atoms with E-state index in [2.05, 4.69) is 9.97 Å². The zero-order valence-corrected chi connectivity index (χ0v) is 15.4. The summed E-state index contributed by atoms with van der Waals surface area (Å²) < 4.78 is 10.5. The molecule has 1 aromatic heterocycles. The fourth-order valence-corrected chi connectivity index (χ4v) is 3.05. The lowest BCUT2D eigenvalue weighted by molar-refractivity contribution is 0.0715. The second kappa shape index (κ2) is 8.48. The van der Waals surface area contributed by atoms with E-state index in [0.29, 0.717) is 55.4 Å². The molecule has 2 aromatic rings. The Hall–Kier alpha value is -3.16. The molecule has 0 spiro atoms. The van der Waals surface area contributed by atoms with Crippen molar-refractivity contribution in [1.29, 1.82) is 0 Å². The van der Waals surface area contributed by atoms with Crippen LogP contribution in [0.4, 0.5) is 0 Å². The van der Waals surface area contributed by atoms with Gasteiger partial charge in [0.25, 0.3) is 11.8 Å². The van der Waals surface area contributed by atoms with Gasteiger partial charge in [0.15, 0.2) is 11.5 Å². The molecule has 1 aliphatic heterocycles. The zero-order chi connectivity index (χ0) is 19.2. The summed E-state index contributed by atoms with van der Waals surface area (Å²) in [5, 5.41) is 0. The lowest BCUT2D eigenvalue weighted by Crippen LogP contribution is -2.37. The second-order valence-electron chi connectivity index (χ2n) is 6.10. The van der Waals surface area contributed by atoms with Crippen LogP contribution < -0.4 is 9.47 Å². The molecule has 1 aliphatic rings. The van der Waals surface area contributed by atoms with Crippen molar-refractivity contribution in [2.24, 2.45) is 0 Å². The van der Waals surface area contributed by atoms with Gasteiger partial charge in [0, 0.05) is 44.1 Å². The van der Waals surface area contributed by atoms with Gasteiger partial charge in [0.05, 0.1) is 20.4 Å². The van der Waals surface area contributed by atoms with Gasteiger partial charge in [-0.2, -0.15) is 0 Å². The molecule has 0 unspecified atom stereocenters. The maximum atomic E-state index is 12.9. The smallest absolute Gasteiger partial charge is 0.274 e. The second-order valence-corrected chi connectivity index (χ2v) is 6.10. The summed E-state index contributed by atoms with van der Waals surface area (Å²) >= 11 is 0. The molecule has 1 fully saturated rings. The van der Waals surface area contributed by atoms with Gasteiger partial charge < -0.3 is 19.3 Å². The minimum absolute atomic E-state index is 0.0928. The molecule has 0 saturated carbocycles. The Labute approximate surface area is 157 Å². The Morgan fingerprint density at radius 2 is 1.63 bits per heavy atom. The Morgan fingerprint density at radius 1 is 0.926 bits per heavy atom. The van der Waals surface area contributed by atoms with Gasteiger partial charge >= 0.3 is 0 Å².